The van der Waals surface area contributed by atoms with Crippen LogP contribution in [0.15, 0.2) is 53.1 Å². The lowest BCUT2D eigenvalue weighted by Gasteiger charge is -2.08. The van der Waals surface area contributed by atoms with Crippen LogP contribution in [-0.2, 0) is 6.42 Å². The Hall–Kier alpha value is -3.22. The van der Waals surface area contributed by atoms with Gasteiger partial charge in [-0.25, -0.2) is 4.39 Å². The molecule has 1 heterocycles. The first-order valence-corrected chi connectivity index (χ1v) is 7.67. The number of nitrogens with zero attached hydrogens (tertiary/aromatic N) is 2. The van der Waals surface area contributed by atoms with Gasteiger partial charge in [-0.3, -0.25) is 4.79 Å². The maximum absolute atomic E-state index is 12.9. The second-order valence-corrected chi connectivity index (χ2v) is 5.25. The van der Waals surface area contributed by atoms with Gasteiger partial charge in [-0.15, -0.1) is 0 Å². The Morgan fingerprint density at radius 3 is 2.72 bits per heavy atom. The van der Waals surface area contributed by atoms with Crippen molar-refractivity contribution in [2.75, 3.05) is 13.7 Å². The van der Waals surface area contributed by atoms with E-state index >= 15 is 0 Å². The molecule has 0 fully saturated rings. The lowest BCUT2D eigenvalue weighted by molar-refractivity contribution is 0.0910. The van der Waals surface area contributed by atoms with Gasteiger partial charge in [0.15, 0.2) is 0 Å². The number of hydrogen-bond acceptors (Lipinski definition) is 5. The maximum Gasteiger partial charge on any atom is 0.316 e. The third-order valence-electron chi connectivity index (χ3n) is 3.60. The number of amides is 1. The number of halogens is 1. The van der Waals surface area contributed by atoms with Crippen LogP contribution in [0.1, 0.15) is 16.2 Å². The van der Waals surface area contributed by atoms with Gasteiger partial charge in [0, 0.05) is 12.1 Å². The highest BCUT2D eigenvalue weighted by atomic mass is 19.1. The van der Waals surface area contributed by atoms with Crippen molar-refractivity contribution in [2.24, 2.45) is 0 Å². The number of benzene rings is 2. The molecule has 1 N–H and O–H groups in total. The molecule has 128 valence electrons. The number of para-hydroxylation sites is 1. The van der Waals surface area contributed by atoms with Crippen LogP contribution in [0.3, 0.4) is 0 Å². The molecule has 0 radical (unpaired) electrons. The summed E-state index contributed by atoms with van der Waals surface area (Å²) in [5.74, 6) is 0.0414. The highest BCUT2D eigenvalue weighted by Crippen LogP contribution is 2.18. The lowest BCUT2D eigenvalue weighted by atomic mass is 10.1. The SMILES string of the molecule is COc1ccccc1CCNC(=O)c1nc(-c2ccc(F)cc2)no1. The molecule has 0 aliphatic carbocycles. The van der Waals surface area contributed by atoms with Gasteiger partial charge < -0.3 is 14.6 Å². The van der Waals surface area contributed by atoms with E-state index in [0.717, 1.165) is 11.3 Å². The maximum atomic E-state index is 12.9. The Morgan fingerprint density at radius 1 is 1.20 bits per heavy atom. The molecular formula is C18H16FN3O3. The number of ether oxygens (including phenoxy) is 1. The van der Waals surface area contributed by atoms with Crippen LogP contribution in [0.4, 0.5) is 4.39 Å². The third kappa shape index (κ3) is 4.00. The zero-order chi connectivity index (χ0) is 17.6. The van der Waals surface area contributed by atoms with Crippen molar-refractivity contribution in [3.05, 3.63) is 65.8 Å². The minimum absolute atomic E-state index is 0.139. The monoisotopic (exact) mass is 341 g/mol. The molecule has 0 aliphatic heterocycles. The molecule has 3 aromatic rings. The Bertz CT molecular complexity index is 862. The minimum atomic E-state index is -0.462. The van der Waals surface area contributed by atoms with Gasteiger partial charge in [0.1, 0.15) is 11.6 Å². The van der Waals surface area contributed by atoms with E-state index in [1.807, 2.05) is 24.3 Å². The quantitative estimate of drug-likeness (QED) is 0.746. The minimum Gasteiger partial charge on any atom is -0.496 e. The Labute approximate surface area is 143 Å². The first-order chi connectivity index (χ1) is 12.2. The van der Waals surface area contributed by atoms with E-state index < -0.39 is 5.91 Å². The van der Waals surface area contributed by atoms with E-state index in [1.54, 1.807) is 7.11 Å². The van der Waals surface area contributed by atoms with Crippen LogP contribution < -0.4 is 10.1 Å². The number of aromatic nitrogens is 2. The Kier molecular flexibility index (Phi) is 5.03. The van der Waals surface area contributed by atoms with E-state index in [4.69, 9.17) is 9.26 Å². The number of methoxy groups -OCH3 is 1. The van der Waals surface area contributed by atoms with E-state index in [-0.39, 0.29) is 17.5 Å². The van der Waals surface area contributed by atoms with Crippen molar-refractivity contribution in [3.8, 4) is 17.1 Å². The molecule has 3 rings (SSSR count). The van der Waals surface area contributed by atoms with Gasteiger partial charge >= 0.3 is 11.8 Å². The normalized spacial score (nSPS) is 10.5. The van der Waals surface area contributed by atoms with Crippen molar-refractivity contribution in [1.29, 1.82) is 0 Å². The summed E-state index contributed by atoms with van der Waals surface area (Å²) in [5, 5.41) is 6.46. The summed E-state index contributed by atoms with van der Waals surface area (Å²) in [6.07, 6.45) is 0.606. The largest absolute Gasteiger partial charge is 0.496 e. The highest BCUT2D eigenvalue weighted by Gasteiger charge is 2.16. The van der Waals surface area contributed by atoms with E-state index in [9.17, 15) is 9.18 Å². The van der Waals surface area contributed by atoms with Crippen LogP contribution >= 0.6 is 0 Å². The van der Waals surface area contributed by atoms with Gasteiger partial charge in [-0.2, -0.15) is 4.98 Å². The zero-order valence-electron chi connectivity index (χ0n) is 13.5. The molecule has 0 unspecified atom stereocenters. The second-order valence-electron chi connectivity index (χ2n) is 5.25. The van der Waals surface area contributed by atoms with Crippen LogP contribution in [0.5, 0.6) is 5.75 Å². The van der Waals surface area contributed by atoms with E-state index in [0.29, 0.717) is 18.5 Å². The molecule has 6 nitrogen and oxygen atoms in total. The summed E-state index contributed by atoms with van der Waals surface area (Å²) in [6, 6.07) is 13.2. The van der Waals surface area contributed by atoms with Crippen molar-refractivity contribution >= 4 is 5.91 Å². The number of nitrogens with one attached hydrogen (secondary N) is 1. The molecule has 7 heteroatoms. The van der Waals surface area contributed by atoms with Crippen LogP contribution in [-0.4, -0.2) is 29.7 Å². The molecule has 0 spiro atoms. The topological polar surface area (TPSA) is 77.2 Å². The Balaban J connectivity index is 1.59. The fraction of sp³-hybridized carbons (Fsp3) is 0.167. The lowest BCUT2D eigenvalue weighted by Crippen LogP contribution is -2.26. The number of carbonyl (C=O) groups excluding carboxylic acids is 1. The van der Waals surface area contributed by atoms with Crippen LogP contribution in [0.2, 0.25) is 0 Å². The molecule has 1 amide bonds. The van der Waals surface area contributed by atoms with E-state index in [1.165, 1.54) is 24.3 Å². The Morgan fingerprint density at radius 2 is 1.96 bits per heavy atom. The van der Waals surface area contributed by atoms with Gasteiger partial charge in [-0.1, -0.05) is 23.4 Å². The molecule has 0 bridgehead atoms. The smallest absolute Gasteiger partial charge is 0.316 e. The molecular weight excluding hydrogens is 325 g/mol. The first-order valence-electron chi connectivity index (χ1n) is 7.67. The molecule has 0 saturated heterocycles. The molecule has 2 aromatic carbocycles. The summed E-state index contributed by atoms with van der Waals surface area (Å²) < 4.78 is 23.2. The highest BCUT2D eigenvalue weighted by molar-refractivity contribution is 5.89. The van der Waals surface area contributed by atoms with Crippen molar-refractivity contribution < 1.29 is 18.4 Å². The summed E-state index contributed by atoms with van der Waals surface area (Å²) >= 11 is 0. The molecule has 0 saturated carbocycles. The first kappa shape index (κ1) is 16.6. The van der Waals surface area contributed by atoms with Crippen molar-refractivity contribution in [3.63, 3.8) is 0 Å². The number of hydrogen-bond donors (Lipinski definition) is 1. The average molecular weight is 341 g/mol. The fourth-order valence-corrected chi connectivity index (χ4v) is 2.33. The van der Waals surface area contributed by atoms with Gasteiger partial charge in [0.2, 0.25) is 5.82 Å². The fourth-order valence-electron chi connectivity index (χ4n) is 2.33. The number of rotatable bonds is 6. The summed E-state index contributed by atoms with van der Waals surface area (Å²) in [5.41, 5.74) is 1.56. The predicted molar refractivity (Wildman–Crippen MR) is 88.7 cm³/mol. The zero-order valence-corrected chi connectivity index (χ0v) is 13.5. The molecule has 25 heavy (non-hydrogen) atoms. The van der Waals surface area contributed by atoms with Gasteiger partial charge in [-0.05, 0) is 42.3 Å². The average Bonchev–Trinajstić information content (AvgIpc) is 3.13. The second kappa shape index (κ2) is 7.57. The third-order valence-corrected chi connectivity index (χ3v) is 3.60. The van der Waals surface area contributed by atoms with Crippen molar-refractivity contribution in [2.45, 2.75) is 6.42 Å². The molecule has 0 aliphatic rings. The van der Waals surface area contributed by atoms with Crippen LogP contribution in [0.25, 0.3) is 11.4 Å². The molecule has 0 atom stereocenters. The van der Waals surface area contributed by atoms with Crippen molar-refractivity contribution in [1.82, 2.24) is 15.5 Å². The standard InChI is InChI=1S/C18H16FN3O3/c1-24-15-5-3-2-4-12(15)10-11-20-17(23)18-21-16(22-25-18)13-6-8-14(19)9-7-13/h2-9H,10-11H2,1H3,(H,20,23). The predicted octanol–water partition coefficient (Wildman–Crippen LogP) is 2.86. The summed E-state index contributed by atoms with van der Waals surface area (Å²) in [4.78, 5) is 16.1. The van der Waals surface area contributed by atoms with Gasteiger partial charge in [0.25, 0.3) is 0 Å². The van der Waals surface area contributed by atoms with E-state index in [2.05, 4.69) is 15.5 Å². The van der Waals surface area contributed by atoms with Crippen LogP contribution in [0, 0.1) is 5.82 Å². The van der Waals surface area contributed by atoms with Gasteiger partial charge in [0.05, 0.1) is 7.11 Å². The summed E-state index contributed by atoms with van der Waals surface area (Å²) in [6.45, 7) is 0.396. The molecule has 1 aromatic heterocycles. The number of carbonyl (C=O) groups is 1. The summed E-state index contributed by atoms with van der Waals surface area (Å²) in [7, 11) is 1.60.